The van der Waals surface area contributed by atoms with Crippen molar-refractivity contribution >= 4 is 104 Å². The molecule has 4 aromatic rings. The maximum atomic E-state index is 2.34. The molecule has 0 aliphatic carbocycles. The topological polar surface area (TPSA) is 0 Å². The van der Waals surface area contributed by atoms with Crippen molar-refractivity contribution in [1.82, 2.24) is 0 Å². The van der Waals surface area contributed by atoms with E-state index in [4.69, 9.17) is 0 Å². The molecule has 162 valence electrons. The molecule has 0 unspecified atom stereocenters. The summed E-state index contributed by atoms with van der Waals surface area (Å²) in [5, 5.41) is 0. The van der Waals surface area contributed by atoms with E-state index in [1.165, 1.54) is 44.1 Å². The summed E-state index contributed by atoms with van der Waals surface area (Å²) in [6.45, 7) is 0. The molecular formula is C30H21I3. The highest BCUT2D eigenvalue weighted by Gasteiger charge is 1.98. The average Bonchev–Trinajstić information content (AvgIpc) is 2.83. The van der Waals surface area contributed by atoms with Crippen molar-refractivity contribution in [2.45, 2.75) is 0 Å². The first-order chi connectivity index (χ1) is 16.0. The van der Waals surface area contributed by atoms with Gasteiger partial charge in [0.2, 0.25) is 0 Å². The zero-order valence-electron chi connectivity index (χ0n) is 17.8. The summed E-state index contributed by atoms with van der Waals surface area (Å²) in [7, 11) is 0. The van der Waals surface area contributed by atoms with Crippen molar-refractivity contribution in [1.29, 1.82) is 0 Å². The SMILES string of the molecule is Ic1ccc(C=Cc2cc(C=Cc3ccc(I)cc3)cc(C=Cc3ccc(I)cc3)c2)cc1. The third-order valence-electron chi connectivity index (χ3n) is 5.01. The summed E-state index contributed by atoms with van der Waals surface area (Å²) in [5.74, 6) is 0. The van der Waals surface area contributed by atoms with E-state index in [9.17, 15) is 0 Å². The fraction of sp³-hybridized carbons (Fsp3) is 0. The van der Waals surface area contributed by atoms with Crippen molar-refractivity contribution in [2.75, 3.05) is 0 Å². The summed E-state index contributed by atoms with van der Waals surface area (Å²) in [6.07, 6.45) is 13.1. The van der Waals surface area contributed by atoms with Gasteiger partial charge in [-0.05, 0) is 156 Å². The van der Waals surface area contributed by atoms with Crippen LogP contribution < -0.4 is 0 Å². The van der Waals surface area contributed by atoms with Crippen LogP contribution in [0.2, 0.25) is 0 Å². The Bertz CT molecular complexity index is 1120. The summed E-state index contributed by atoms with van der Waals surface area (Å²) in [6, 6.07) is 32.4. The molecule has 0 fully saturated rings. The standard InChI is InChI=1S/C30H21I3/c31-28-13-7-22(8-14-28)1-4-25-19-26(5-2-23-9-15-29(32)16-10-23)21-27(20-25)6-3-24-11-17-30(33)18-12-24/h1-21H. The second-order valence-corrected chi connectivity index (χ2v) is 11.3. The van der Waals surface area contributed by atoms with Crippen LogP contribution in [0, 0.1) is 10.7 Å². The highest BCUT2D eigenvalue weighted by atomic mass is 127. The fourth-order valence-corrected chi connectivity index (χ4v) is 4.37. The summed E-state index contributed by atoms with van der Waals surface area (Å²) in [5.41, 5.74) is 7.14. The fourth-order valence-electron chi connectivity index (χ4n) is 3.29. The molecule has 33 heavy (non-hydrogen) atoms. The Morgan fingerprint density at radius 1 is 0.303 bits per heavy atom. The Kier molecular flexibility index (Phi) is 8.97. The first-order valence-corrected chi connectivity index (χ1v) is 13.7. The van der Waals surface area contributed by atoms with Gasteiger partial charge in [0, 0.05) is 10.7 Å². The first-order valence-electron chi connectivity index (χ1n) is 10.5. The van der Waals surface area contributed by atoms with Crippen molar-refractivity contribution in [3.05, 3.63) is 135 Å². The Morgan fingerprint density at radius 2 is 0.515 bits per heavy atom. The summed E-state index contributed by atoms with van der Waals surface area (Å²) < 4.78 is 3.74. The van der Waals surface area contributed by atoms with Crippen LogP contribution in [-0.4, -0.2) is 0 Å². The van der Waals surface area contributed by atoms with E-state index in [-0.39, 0.29) is 0 Å². The van der Waals surface area contributed by atoms with Gasteiger partial charge in [-0.2, -0.15) is 0 Å². The summed E-state index contributed by atoms with van der Waals surface area (Å²) in [4.78, 5) is 0. The van der Waals surface area contributed by atoms with Crippen LogP contribution >= 0.6 is 67.8 Å². The number of halogens is 3. The molecule has 0 heterocycles. The van der Waals surface area contributed by atoms with Crippen molar-refractivity contribution in [3.63, 3.8) is 0 Å². The number of rotatable bonds is 6. The van der Waals surface area contributed by atoms with Gasteiger partial charge in [-0.1, -0.05) is 72.9 Å². The Labute approximate surface area is 237 Å². The lowest BCUT2D eigenvalue weighted by atomic mass is 10.0. The molecule has 0 amide bonds. The van der Waals surface area contributed by atoms with E-state index < -0.39 is 0 Å². The maximum absolute atomic E-state index is 2.34. The minimum Gasteiger partial charge on any atom is -0.0544 e. The van der Waals surface area contributed by atoms with E-state index in [0.29, 0.717) is 0 Å². The largest absolute Gasteiger partial charge is 0.0544 e. The molecule has 0 aliphatic rings. The van der Waals surface area contributed by atoms with E-state index in [2.05, 4.69) is 195 Å². The van der Waals surface area contributed by atoms with Crippen molar-refractivity contribution < 1.29 is 0 Å². The molecule has 0 spiro atoms. The Balaban J connectivity index is 1.64. The molecule has 0 atom stereocenters. The van der Waals surface area contributed by atoms with E-state index in [0.717, 1.165) is 0 Å². The van der Waals surface area contributed by atoms with E-state index in [1.54, 1.807) is 0 Å². The minimum absolute atomic E-state index is 1.18. The minimum atomic E-state index is 1.18. The van der Waals surface area contributed by atoms with Crippen LogP contribution in [0.15, 0.2) is 91.0 Å². The molecule has 3 heteroatoms. The highest BCUT2D eigenvalue weighted by Crippen LogP contribution is 2.20. The number of hydrogen-bond acceptors (Lipinski definition) is 0. The van der Waals surface area contributed by atoms with Gasteiger partial charge in [0.25, 0.3) is 0 Å². The van der Waals surface area contributed by atoms with Crippen LogP contribution in [0.5, 0.6) is 0 Å². The lowest BCUT2D eigenvalue weighted by Gasteiger charge is -2.03. The molecular weight excluding hydrogens is 741 g/mol. The smallest absolute Gasteiger partial charge is 0.0130 e. The monoisotopic (exact) mass is 762 g/mol. The lowest BCUT2D eigenvalue weighted by molar-refractivity contribution is 1.57. The van der Waals surface area contributed by atoms with Crippen molar-refractivity contribution in [3.8, 4) is 0 Å². The number of benzene rings is 4. The molecule has 0 aliphatic heterocycles. The third kappa shape index (κ3) is 7.93. The van der Waals surface area contributed by atoms with Crippen molar-refractivity contribution in [2.24, 2.45) is 0 Å². The average molecular weight is 762 g/mol. The number of hydrogen-bond donors (Lipinski definition) is 0. The van der Waals surface area contributed by atoms with Crippen LogP contribution in [0.3, 0.4) is 0 Å². The van der Waals surface area contributed by atoms with Gasteiger partial charge >= 0.3 is 0 Å². The molecule has 4 rings (SSSR count). The maximum Gasteiger partial charge on any atom is 0.0130 e. The molecule has 0 aromatic heterocycles. The van der Waals surface area contributed by atoms with Crippen LogP contribution in [0.1, 0.15) is 33.4 Å². The van der Waals surface area contributed by atoms with Gasteiger partial charge in [0.15, 0.2) is 0 Å². The second-order valence-electron chi connectivity index (χ2n) is 7.59. The van der Waals surface area contributed by atoms with Gasteiger partial charge in [0.05, 0.1) is 0 Å². The Hall–Kier alpha value is -1.71. The van der Waals surface area contributed by atoms with E-state index >= 15 is 0 Å². The molecule has 0 saturated carbocycles. The van der Waals surface area contributed by atoms with Gasteiger partial charge in [-0.25, -0.2) is 0 Å². The normalized spacial score (nSPS) is 11.7. The predicted molar refractivity (Wildman–Crippen MR) is 171 cm³/mol. The molecule has 0 N–H and O–H groups in total. The zero-order chi connectivity index (χ0) is 23.0. The second kappa shape index (κ2) is 12.1. The van der Waals surface area contributed by atoms with Gasteiger partial charge < -0.3 is 0 Å². The van der Waals surface area contributed by atoms with E-state index in [1.807, 2.05) is 0 Å². The zero-order valence-corrected chi connectivity index (χ0v) is 24.2. The third-order valence-corrected chi connectivity index (χ3v) is 7.17. The highest BCUT2D eigenvalue weighted by molar-refractivity contribution is 14.1. The van der Waals surface area contributed by atoms with Crippen LogP contribution in [0.25, 0.3) is 36.5 Å². The lowest BCUT2D eigenvalue weighted by Crippen LogP contribution is -1.82. The van der Waals surface area contributed by atoms with Gasteiger partial charge in [-0.15, -0.1) is 0 Å². The van der Waals surface area contributed by atoms with Gasteiger partial charge in [-0.3, -0.25) is 0 Å². The van der Waals surface area contributed by atoms with Crippen LogP contribution in [-0.2, 0) is 0 Å². The molecule has 0 radical (unpaired) electrons. The summed E-state index contributed by atoms with van der Waals surface area (Å²) >= 11 is 7.01. The first kappa shape index (κ1) is 24.4. The molecule has 4 aromatic carbocycles. The predicted octanol–water partition coefficient (Wildman–Crippen LogP) is 10.0. The van der Waals surface area contributed by atoms with Crippen LogP contribution in [0.4, 0.5) is 0 Å². The molecule has 0 nitrogen and oxygen atoms in total. The molecule has 0 bridgehead atoms. The molecule has 0 saturated heterocycles. The quantitative estimate of drug-likeness (QED) is 0.136. The van der Waals surface area contributed by atoms with Gasteiger partial charge in [0.1, 0.15) is 0 Å². The Morgan fingerprint density at radius 3 is 0.758 bits per heavy atom.